The molecule has 0 aliphatic carbocycles. The average molecular weight is 252 g/mol. The normalized spacial score (nSPS) is 10.4. The van der Waals surface area contributed by atoms with Crippen molar-refractivity contribution in [2.45, 2.75) is 6.92 Å². The van der Waals surface area contributed by atoms with Gasteiger partial charge in [-0.05, 0) is 47.9 Å². The van der Waals surface area contributed by atoms with Gasteiger partial charge in [0.1, 0.15) is 0 Å². The van der Waals surface area contributed by atoms with Crippen LogP contribution >= 0.6 is 23.2 Å². The zero-order valence-corrected chi connectivity index (χ0v) is 10.3. The van der Waals surface area contributed by atoms with E-state index in [0.29, 0.717) is 10.7 Å². The molecule has 82 valence electrons. The summed E-state index contributed by atoms with van der Waals surface area (Å²) < 4.78 is 0. The number of nitrogens with two attached hydrogens (primary N) is 1. The highest BCUT2D eigenvalue weighted by Gasteiger charge is 2.04. The van der Waals surface area contributed by atoms with Crippen LogP contribution in [0.4, 0.5) is 5.69 Å². The van der Waals surface area contributed by atoms with Gasteiger partial charge in [-0.25, -0.2) is 0 Å². The zero-order chi connectivity index (χ0) is 11.7. The summed E-state index contributed by atoms with van der Waals surface area (Å²) in [7, 11) is 0. The van der Waals surface area contributed by atoms with E-state index < -0.39 is 0 Å². The molecule has 2 rings (SSSR count). The molecule has 16 heavy (non-hydrogen) atoms. The summed E-state index contributed by atoms with van der Waals surface area (Å²) in [5.41, 5.74) is 9.56. The van der Waals surface area contributed by atoms with Crippen LogP contribution < -0.4 is 5.73 Å². The van der Waals surface area contributed by atoms with Crippen LogP contribution in [-0.4, -0.2) is 0 Å². The van der Waals surface area contributed by atoms with Crippen molar-refractivity contribution in [3.05, 3.63) is 52.0 Å². The van der Waals surface area contributed by atoms with E-state index in [9.17, 15) is 0 Å². The number of hydrogen-bond donors (Lipinski definition) is 1. The first-order chi connectivity index (χ1) is 7.58. The molecule has 0 unspecified atom stereocenters. The molecule has 2 aromatic rings. The molecule has 0 amide bonds. The predicted molar refractivity (Wildman–Crippen MR) is 71.0 cm³/mol. The minimum absolute atomic E-state index is 0.576. The van der Waals surface area contributed by atoms with Crippen LogP contribution in [0, 0.1) is 6.92 Å². The average Bonchev–Trinajstić information content (AvgIpc) is 2.22. The minimum atomic E-state index is 0.576. The monoisotopic (exact) mass is 251 g/mol. The molecule has 0 heterocycles. The number of nitrogen functional groups attached to an aromatic ring is 1. The lowest BCUT2D eigenvalue weighted by atomic mass is 10.0. The first kappa shape index (κ1) is 11.3. The summed E-state index contributed by atoms with van der Waals surface area (Å²) in [4.78, 5) is 0. The van der Waals surface area contributed by atoms with Gasteiger partial charge < -0.3 is 5.73 Å². The number of anilines is 1. The SMILES string of the molecule is Cc1cc(Cl)ccc1-c1ccc(N)c(Cl)c1. The minimum Gasteiger partial charge on any atom is -0.398 e. The molecule has 3 heteroatoms. The van der Waals surface area contributed by atoms with Crippen LogP contribution in [-0.2, 0) is 0 Å². The van der Waals surface area contributed by atoms with E-state index >= 15 is 0 Å². The van der Waals surface area contributed by atoms with Gasteiger partial charge in [-0.15, -0.1) is 0 Å². The number of aryl methyl sites for hydroxylation is 1. The molecular weight excluding hydrogens is 241 g/mol. The number of halogens is 2. The number of benzene rings is 2. The topological polar surface area (TPSA) is 26.0 Å². The van der Waals surface area contributed by atoms with E-state index in [1.54, 1.807) is 0 Å². The Morgan fingerprint density at radius 3 is 2.38 bits per heavy atom. The molecular formula is C13H11Cl2N. The standard InChI is InChI=1S/C13H11Cl2N/c1-8-6-10(14)3-4-11(8)9-2-5-13(16)12(15)7-9/h2-7H,16H2,1H3. The molecule has 0 spiro atoms. The molecule has 0 aliphatic rings. The zero-order valence-electron chi connectivity index (χ0n) is 8.80. The fraction of sp³-hybridized carbons (Fsp3) is 0.0769. The summed E-state index contributed by atoms with van der Waals surface area (Å²) in [6.07, 6.45) is 0. The van der Waals surface area contributed by atoms with Crippen LogP contribution in [0.1, 0.15) is 5.56 Å². The fourth-order valence-corrected chi connectivity index (χ4v) is 2.05. The predicted octanol–water partition coefficient (Wildman–Crippen LogP) is 4.55. The van der Waals surface area contributed by atoms with E-state index in [1.807, 2.05) is 43.3 Å². The molecule has 0 saturated carbocycles. The van der Waals surface area contributed by atoms with Gasteiger partial charge in [-0.1, -0.05) is 35.3 Å². The highest BCUT2D eigenvalue weighted by atomic mass is 35.5. The summed E-state index contributed by atoms with van der Waals surface area (Å²) in [6.45, 7) is 2.02. The lowest BCUT2D eigenvalue weighted by molar-refractivity contribution is 1.46. The van der Waals surface area contributed by atoms with Crippen LogP contribution in [0.3, 0.4) is 0 Å². The molecule has 0 saturated heterocycles. The van der Waals surface area contributed by atoms with Crippen molar-refractivity contribution in [1.82, 2.24) is 0 Å². The Balaban J connectivity index is 2.54. The lowest BCUT2D eigenvalue weighted by Gasteiger charge is -2.08. The Kier molecular flexibility index (Phi) is 3.08. The van der Waals surface area contributed by atoms with Crippen LogP contribution in [0.5, 0.6) is 0 Å². The van der Waals surface area contributed by atoms with Crippen molar-refractivity contribution in [3.8, 4) is 11.1 Å². The van der Waals surface area contributed by atoms with Gasteiger partial charge in [-0.3, -0.25) is 0 Å². The molecule has 2 aromatic carbocycles. The second-order valence-corrected chi connectivity index (χ2v) is 4.54. The smallest absolute Gasteiger partial charge is 0.0641 e. The highest BCUT2D eigenvalue weighted by molar-refractivity contribution is 6.33. The molecule has 0 radical (unpaired) electrons. The van der Waals surface area contributed by atoms with E-state index in [4.69, 9.17) is 28.9 Å². The summed E-state index contributed by atoms with van der Waals surface area (Å²) >= 11 is 11.9. The molecule has 0 atom stereocenters. The van der Waals surface area contributed by atoms with Gasteiger partial charge in [-0.2, -0.15) is 0 Å². The summed E-state index contributed by atoms with van der Waals surface area (Å²) in [6, 6.07) is 11.4. The largest absolute Gasteiger partial charge is 0.398 e. The van der Waals surface area contributed by atoms with Crippen molar-refractivity contribution in [2.75, 3.05) is 5.73 Å². The van der Waals surface area contributed by atoms with E-state index in [2.05, 4.69) is 0 Å². The number of rotatable bonds is 1. The van der Waals surface area contributed by atoms with Gasteiger partial charge in [0.15, 0.2) is 0 Å². The Bertz CT molecular complexity index is 535. The second kappa shape index (κ2) is 4.36. The number of hydrogen-bond acceptors (Lipinski definition) is 1. The van der Waals surface area contributed by atoms with E-state index in [1.165, 1.54) is 0 Å². The Hall–Kier alpha value is -1.18. The van der Waals surface area contributed by atoms with E-state index in [0.717, 1.165) is 21.7 Å². The molecule has 0 bridgehead atoms. The maximum atomic E-state index is 6.00. The molecule has 0 fully saturated rings. The Labute approximate surface area is 105 Å². The van der Waals surface area contributed by atoms with Crippen LogP contribution in [0.25, 0.3) is 11.1 Å². The van der Waals surface area contributed by atoms with Gasteiger partial charge in [0, 0.05) is 5.02 Å². The second-order valence-electron chi connectivity index (χ2n) is 3.70. The van der Waals surface area contributed by atoms with Gasteiger partial charge >= 0.3 is 0 Å². The third kappa shape index (κ3) is 2.16. The van der Waals surface area contributed by atoms with Gasteiger partial charge in [0.25, 0.3) is 0 Å². The van der Waals surface area contributed by atoms with E-state index in [-0.39, 0.29) is 0 Å². The van der Waals surface area contributed by atoms with Crippen molar-refractivity contribution in [3.63, 3.8) is 0 Å². The van der Waals surface area contributed by atoms with Crippen LogP contribution in [0.2, 0.25) is 10.0 Å². The Morgan fingerprint density at radius 1 is 1.00 bits per heavy atom. The maximum Gasteiger partial charge on any atom is 0.0641 e. The fourth-order valence-electron chi connectivity index (χ4n) is 1.65. The van der Waals surface area contributed by atoms with Gasteiger partial charge in [0.05, 0.1) is 10.7 Å². The highest BCUT2D eigenvalue weighted by Crippen LogP contribution is 2.30. The lowest BCUT2D eigenvalue weighted by Crippen LogP contribution is -1.88. The summed E-state index contributed by atoms with van der Waals surface area (Å²) in [5, 5.41) is 1.31. The maximum absolute atomic E-state index is 6.00. The van der Waals surface area contributed by atoms with Crippen molar-refractivity contribution in [2.24, 2.45) is 0 Å². The summed E-state index contributed by atoms with van der Waals surface area (Å²) in [5.74, 6) is 0. The molecule has 1 nitrogen and oxygen atoms in total. The van der Waals surface area contributed by atoms with Crippen molar-refractivity contribution < 1.29 is 0 Å². The quantitative estimate of drug-likeness (QED) is 0.740. The van der Waals surface area contributed by atoms with Crippen LogP contribution in [0.15, 0.2) is 36.4 Å². The Morgan fingerprint density at radius 2 is 1.75 bits per heavy atom. The van der Waals surface area contributed by atoms with Crippen molar-refractivity contribution >= 4 is 28.9 Å². The third-order valence-corrected chi connectivity index (χ3v) is 3.06. The molecule has 0 aliphatic heterocycles. The first-order valence-corrected chi connectivity index (χ1v) is 5.65. The molecule has 0 aromatic heterocycles. The first-order valence-electron chi connectivity index (χ1n) is 4.89. The van der Waals surface area contributed by atoms with Crippen molar-refractivity contribution in [1.29, 1.82) is 0 Å². The third-order valence-electron chi connectivity index (χ3n) is 2.50. The molecule has 2 N–H and O–H groups in total. The van der Waals surface area contributed by atoms with Gasteiger partial charge in [0.2, 0.25) is 0 Å².